The van der Waals surface area contributed by atoms with Crippen LogP contribution in [0.4, 0.5) is 18.9 Å². The average molecular weight is 780 g/mol. The van der Waals surface area contributed by atoms with E-state index in [1.165, 1.54) is 10.7 Å². The molecular formula is C34H35Cl2F3N8O6. The number of anilines is 1. The Bertz CT molecular complexity index is 2010. The van der Waals surface area contributed by atoms with E-state index in [9.17, 15) is 37.5 Å². The van der Waals surface area contributed by atoms with Crippen molar-refractivity contribution < 1.29 is 37.4 Å². The molecule has 19 heteroatoms. The van der Waals surface area contributed by atoms with Gasteiger partial charge in [0.1, 0.15) is 6.04 Å². The Morgan fingerprint density at radius 1 is 1.04 bits per heavy atom. The predicted molar refractivity (Wildman–Crippen MR) is 188 cm³/mol. The van der Waals surface area contributed by atoms with Crippen LogP contribution in [0.25, 0.3) is 16.9 Å². The minimum atomic E-state index is -4.83. The molecule has 2 aliphatic heterocycles. The first-order valence-corrected chi connectivity index (χ1v) is 17.2. The number of carbonyl (C=O) groups is 3. The molecule has 0 radical (unpaired) electrons. The molecule has 1 amide bonds. The van der Waals surface area contributed by atoms with E-state index in [2.05, 4.69) is 20.4 Å². The zero-order valence-corrected chi connectivity index (χ0v) is 29.8. The van der Waals surface area contributed by atoms with E-state index in [1.807, 2.05) is 29.2 Å². The Labute approximate surface area is 311 Å². The molecule has 4 aromatic rings. The number of nitrogens with one attached hydrogen (secondary N) is 1. The van der Waals surface area contributed by atoms with Gasteiger partial charge in [-0.3, -0.25) is 28.6 Å². The van der Waals surface area contributed by atoms with Gasteiger partial charge in [-0.05, 0) is 48.7 Å². The van der Waals surface area contributed by atoms with E-state index in [1.54, 1.807) is 40.2 Å². The normalized spacial score (nSPS) is 18.2. The number of carbonyl (C=O) groups excluding carboxylic acids is 2. The molecule has 53 heavy (non-hydrogen) atoms. The van der Waals surface area contributed by atoms with Crippen molar-refractivity contribution in [3.8, 4) is 16.9 Å². The second kappa shape index (κ2) is 17.2. The Morgan fingerprint density at radius 2 is 1.83 bits per heavy atom. The lowest BCUT2D eigenvalue weighted by molar-refractivity contribution is -0.304. The van der Waals surface area contributed by atoms with E-state index in [0.717, 1.165) is 30.5 Å². The van der Waals surface area contributed by atoms with E-state index in [4.69, 9.17) is 28.2 Å². The van der Waals surface area contributed by atoms with Crippen molar-refractivity contribution in [1.82, 2.24) is 34.8 Å². The second-order valence-electron chi connectivity index (χ2n) is 12.3. The molecule has 2 bridgehead atoms. The molecule has 4 heterocycles. The van der Waals surface area contributed by atoms with Gasteiger partial charge in [-0.15, -0.1) is 18.3 Å². The summed E-state index contributed by atoms with van der Waals surface area (Å²) in [4.78, 5) is 56.5. The van der Waals surface area contributed by atoms with Gasteiger partial charge >= 0.3 is 18.3 Å². The van der Waals surface area contributed by atoms with Crippen molar-refractivity contribution in [2.45, 2.75) is 51.1 Å². The fourth-order valence-electron chi connectivity index (χ4n) is 6.28. The van der Waals surface area contributed by atoms with Gasteiger partial charge in [0.2, 0.25) is 5.91 Å². The highest BCUT2D eigenvalue weighted by Gasteiger charge is 2.34. The summed E-state index contributed by atoms with van der Waals surface area (Å²) in [5.41, 5.74) is 3.22. The average Bonchev–Trinajstić information content (AvgIpc) is 3.52. The smallest absolute Gasteiger partial charge is 0.480 e. The van der Waals surface area contributed by atoms with Gasteiger partial charge in [0.25, 0.3) is 5.56 Å². The molecular weight excluding hydrogens is 744 g/mol. The summed E-state index contributed by atoms with van der Waals surface area (Å²) in [7, 11) is 0. The van der Waals surface area contributed by atoms with Crippen molar-refractivity contribution in [1.29, 1.82) is 0 Å². The summed E-state index contributed by atoms with van der Waals surface area (Å²) in [6.07, 6.45) is 1.50. The van der Waals surface area contributed by atoms with Gasteiger partial charge in [0.15, 0.2) is 5.15 Å². The SMILES string of the molecule is CC(=O)OC(F)(F)F.O=C(O)CN1CCN2c3cccc(c3)[C@@H](n3cnc(-c4cc(Cl)ccc4-n4cc(Cl)nn4)cc3=O)CCCCCNC(=O)[C@H]2C1. The summed E-state index contributed by atoms with van der Waals surface area (Å²) >= 11 is 12.3. The molecule has 2 aromatic carbocycles. The number of halogens is 5. The highest BCUT2D eigenvalue weighted by atomic mass is 35.5. The van der Waals surface area contributed by atoms with Crippen LogP contribution in [-0.2, 0) is 19.1 Å². The highest BCUT2D eigenvalue weighted by Crippen LogP contribution is 2.31. The molecule has 14 nitrogen and oxygen atoms in total. The first-order valence-electron chi connectivity index (χ1n) is 16.5. The lowest BCUT2D eigenvalue weighted by atomic mass is 9.98. The van der Waals surface area contributed by atoms with Crippen molar-refractivity contribution in [3.63, 3.8) is 0 Å². The summed E-state index contributed by atoms with van der Waals surface area (Å²) < 4.78 is 38.6. The van der Waals surface area contributed by atoms with Crippen LogP contribution in [0.1, 0.15) is 44.2 Å². The largest absolute Gasteiger partial charge is 0.575 e. The summed E-state index contributed by atoms with van der Waals surface area (Å²) in [5, 5.41) is 21.0. The summed E-state index contributed by atoms with van der Waals surface area (Å²) in [6.45, 7) is 2.42. The molecule has 1 saturated heterocycles. The van der Waals surface area contributed by atoms with Gasteiger partial charge in [-0.25, -0.2) is 9.67 Å². The minimum Gasteiger partial charge on any atom is -0.480 e. The van der Waals surface area contributed by atoms with E-state index >= 15 is 0 Å². The van der Waals surface area contributed by atoms with Gasteiger partial charge < -0.3 is 20.1 Å². The van der Waals surface area contributed by atoms with E-state index in [0.29, 0.717) is 61.5 Å². The molecule has 0 unspecified atom stereocenters. The Kier molecular flexibility index (Phi) is 12.7. The zero-order chi connectivity index (χ0) is 38.3. The number of amides is 1. The van der Waals surface area contributed by atoms with Crippen LogP contribution in [0.3, 0.4) is 0 Å². The number of carboxylic acids is 1. The maximum Gasteiger partial charge on any atom is 0.575 e. The lowest BCUT2D eigenvalue weighted by Gasteiger charge is -2.41. The molecule has 0 aliphatic carbocycles. The van der Waals surface area contributed by atoms with Crippen LogP contribution >= 0.6 is 23.2 Å². The van der Waals surface area contributed by atoms with Crippen LogP contribution in [0, 0.1) is 0 Å². The van der Waals surface area contributed by atoms with Crippen molar-refractivity contribution in [2.75, 3.05) is 37.6 Å². The number of ether oxygens (including phenoxy) is 1. The number of piperazine rings is 1. The monoisotopic (exact) mass is 778 g/mol. The number of nitrogens with zero attached hydrogens (tertiary/aromatic N) is 7. The van der Waals surface area contributed by atoms with Gasteiger partial charge in [-0.1, -0.05) is 53.4 Å². The molecule has 0 spiro atoms. The fourth-order valence-corrected chi connectivity index (χ4v) is 6.58. The van der Waals surface area contributed by atoms with Crippen molar-refractivity contribution in [2.24, 2.45) is 0 Å². The number of hydrogen-bond donors (Lipinski definition) is 2. The molecule has 1 fully saturated rings. The van der Waals surface area contributed by atoms with Crippen molar-refractivity contribution >= 4 is 46.7 Å². The third-order valence-electron chi connectivity index (χ3n) is 8.54. The van der Waals surface area contributed by atoms with Gasteiger partial charge in [-0.2, -0.15) is 0 Å². The van der Waals surface area contributed by atoms with Crippen LogP contribution in [0.5, 0.6) is 0 Å². The fraction of sp³-hybridized carbons (Fsp3) is 0.382. The quantitative estimate of drug-likeness (QED) is 0.270. The third-order valence-corrected chi connectivity index (χ3v) is 8.95. The Balaban J connectivity index is 0.000000609. The van der Waals surface area contributed by atoms with Crippen LogP contribution in [0.2, 0.25) is 10.2 Å². The molecule has 6 rings (SSSR count). The number of esters is 1. The minimum absolute atomic E-state index is 0.115. The number of alkyl halides is 3. The maximum absolute atomic E-state index is 13.8. The second-order valence-corrected chi connectivity index (χ2v) is 13.1. The van der Waals surface area contributed by atoms with E-state index < -0.39 is 24.3 Å². The molecule has 2 aliphatic rings. The van der Waals surface area contributed by atoms with Crippen LogP contribution < -0.4 is 15.8 Å². The first-order chi connectivity index (χ1) is 25.2. The Hall–Kier alpha value is -5.00. The molecule has 2 aromatic heterocycles. The number of carboxylic acid groups (broad SMARTS) is 1. The first kappa shape index (κ1) is 39.2. The molecule has 2 N–H and O–H groups in total. The number of fused-ring (bicyclic) bond motifs is 4. The van der Waals surface area contributed by atoms with Crippen molar-refractivity contribution in [3.05, 3.63) is 87.1 Å². The summed E-state index contributed by atoms with van der Waals surface area (Å²) in [6, 6.07) is 13.8. The number of rotatable bonds is 5. The highest BCUT2D eigenvalue weighted by molar-refractivity contribution is 6.31. The standard InChI is InChI=1S/C31H32Cl2N8O4.C3H3F3O2/c32-21-8-9-26(41-17-28(33)36-37-41)23(14-21)24-15-29(42)40(19-35-24)25-7-2-1-3-10-34-31(45)27-16-38(18-30(43)44)11-12-39(27)22-6-4-5-20(25)13-22;1-2(7)8-3(4,5)6/h4-6,8-9,13-15,17,19,25,27H,1-3,7,10-12,16,18H2,(H,34,45)(H,43,44);1H3/t25-,27+;/m0./s1. The van der Waals surface area contributed by atoms with E-state index in [-0.39, 0.29) is 29.2 Å². The topological polar surface area (TPSA) is 165 Å². The van der Waals surface area contributed by atoms with Gasteiger partial charge in [0.05, 0.1) is 36.5 Å². The number of benzene rings is 2. The Morgan fingerprint density at radius 3 is 2.49 bits per heavy atom. The molecule has 0 saturated carbocycles. The lowest BCUT2D eigenvalue weighted by Crippen LogP contribution is -2.60. The zero-order valence-electron chi connectivity index (χ0n) is 28.3. The summed E-state index contributed by atoms with van der Waals surface area (Å²) in [5.74, 6) is -2.38. The number of hydrogen-bond acceptors (Lipinski definition) is 10. The molecule has 282 valence electrons. The molecule has 2 atom stereocenters. The van der Waals surface area contributed by atoms with Crippen LogP contribution in [0.15, 0.2) is 65.8 Å². The number of aliphatic carboxylic acids is 1. The third kappa shape index (κ3) is 10.5. The maximum atomic E-state index is 13.8. The van der Waals surface area contributed by atoms with Crippen LogP contribution in [-0.4, -0.2) is 97.5 Å². The van der Waals surface area contributed by atoms with Gasteiger partial charge in [0, 0.05) is 55.4 Å². The number of aromatic nitrogens is 5. The predicted octanol–water partition coefficient (Wildman–Crippen LogP) is 4.72.